The third kappa shape index (κ3) is 5.33. The lowest BCUT2D eigenvalue weighted by Gasteiger charge is -2.37. The fourth-order valence-corrected chi connectivity index (χ4v) is 4.05. The molecular weight excluding hydrogens is 427 g/mol. The number of hydrogen-bond acceptors (Lipinski definition) is 5. The van der Waals surface area contributed by atoms with Crippen LogP contribution in [-0.2, 0) is 11.3 Å². The second kappa shape index (κ2) is 9.10. The smallest absolute Gasteiger partial charge is 0.489 e. The van der Waals surface area contributed by atoms with Crippen molar-refractivity contribution in [2.24, 2.45) is 5.92 Å². The van der Waals surface area contributed by atoms with E-state index in [9.17, 15) is 22.8 Å². The van der Waals surface area contributed by atoms with Crippen molar-refractivity contribution >= 4 is 11.9 Å². The molecule has 0 spiro atoms. The Balaban J connectivity index is 1.33. The highest BCUT2D eigenvalue weighted by Gasteiger charge is 2.36. The summed E-state index contributed by atoms with van der Waals surface area (Å²) in [6.45, 7) is 1.10. The first-order valence-electron chi connectivity index (χ1n) is 10.3. The number of likely N-dealkylation sites (tertiary alicyclic amines) is 1. The number of carbonyl (C=O) groups excluding carboxylic acids is 2. The van der Waals surface area contributed by atoms with E-state index in [1.807, 2.05) is 30.3 Å². The Labute approximate surface area is 182 Å². The highest BCUT2D eigenvalue weighted by Crippen LogP contribution is 2.37. The maximum Gasteiger partial charge on any atom is 0.573 e. The predicted molar refractivity (Wildman–Crippen MR) is 107 cm³/mol. The molecule has 4 rings (SSSR count). The normalized spacial score (nSPS) is 19.2. The van der Waals surface area contributed by atoms with Gasteiger partial charge in [0.15, 0.2) is 5.78 Å². The van der Waals surface area contributed by atoms with Crippen LogP contribution >= 0.6 is 0 Å². The largest absolute Gasteiger partial charge is 0.573 e. The summed E-state index contributed by atoms with van der Waals surface area (Å²) in [7, 11) is 0. The van der Waals surface area contributed by atoms with Crippen LogP contribution in [0.1, 0.15) is 35.2 Å². The van der Waals surface area contributed by atoms with E-state index in [2.05, 4.69) is 4.74 Å². The molecule has 1 atom stereocenters. The Morgan fingerprint density at radius 1 is 1.09 bits per heavy atom. The van der Waals surface area contributed by atoms with Crippen LogP contribution in [0.3, 0.4) is 0 Å². The van der Waals surface area contributed by atoms with Crippen LogP contribution in [0.4, 0.5) is 18.0 Å². The van der Waals surface area contributed by atoms with Crippen LogP contribution in [-0.4, -0.2) is 42.3 Å². The molecule has 1 unspecified atom stereocenters. The number of fused-ring (bicyclic) bond motifs is 1. The molecule has 2 aromatic rings. The average molecular weight is 449 g/mol. The van der Waals surface area contributed by atoms with Gasteiger partial charge >= 0.3 is 12.5 Å². The molecule has 6 nitrogen and oxygen atoms in total. The highest BCUT2D eigenvalue weighted by molar-refractivity contribution is 6.00. The first-order chi connectivity index (χ1) is 15.3. The molecule has 0 N–H and O–H groups in total. The van der Waals surface area contributed by atoms with Gasteiger partial charge in [-0.3, -0.25) is 4.79 Å². The van der Waals surface area contributed by atoms with Gasteiger partial charge in [0, 0.05) is 25.6 Å². The van der Waals surface area contributed by atoms with Crippen molar-refractivity contribution in [3.05, 3.63) is 59.7 Å². The van der Waals surface area contributed by atoms with Crippen molar-refractivity contribution in [1.29, 1.82) is 0 Å². The number of ether oxygens (including phenoxy) is 3. The molecule has 9 heteroatoms. The molecule has 0 bridgehead atoms. The standard InChI is InChI=1S/C23H22F3NO5/c24-23(25,26)32-17-6-7-18-19(28)13-20(31-21(18)12-17)16-8-10-27(11-9-16)22(29)30-14-15-4-2-1-3-5-15/h1-7,12,16,20H,8-11,13-14H2. The zero-order chi connectivity index (χ0) is 22.7. The number of benzene rings is 2. The van der Waals surface area contributed by atoms with E-state index in [1.165, 1.54) is 6.07 Å². The second-order valence-electron chi connectivity index (χ2n) is 7.85. The monoisotopic (exact) mass is 449 g/mol. The number of hydrogen-bond donors (Lipinski definition) is 0. The lowest BCUT2D eigenvalue weighted by Crippen LogP contribution is -2.44. The number of rotatable bonds is 4. The third-order valence-corrected chi connectivity index (χ3v) is 5.68. The van der Waals surface area contributed by atoms with E-state index in [1.54, 1.807) is 4.90 Å². The van der Waals surface area contributed by atoms with E-state index in [0.29, 0.717) is 25.9 Å². The fraction of sp³-hybridized carbons (Fsp3) is 0.391. The molecule has 2 aromatic carbocycles. The number of Topliss-reactive ketones (excluding diaryl/α,β-unsaturated/α-hetero) is 1. The quantitative estimate of drug-likeness (QED) is 0.660. The van der Waals surface area contributed by atoms with Gasteiger partial charge in [-0.25, -0.2) is 4.79 Å². The van der Waals surface area contributed by atoms with Gasteiger partial charge in [0.2, 0.25) is 0 Å². The minimum absolute atomic E-state index is 0.00235. The SMILES string of the molecule is O=C1CC(C2CCN(C(=O)OCc3ccccc3)CC2)Oc2cc(OC(F)(F)F)ccc21. The molecule has 1 fully saturated rings. The van der Waals surface area contributed by atoms with Crippen molar-refractivity contribution in [1.82, 2.24) is 4.90 Å². The van der Waals surface area contributed by atoms with Gasteiger partial charge in [0.05, 0.1) is 5.56 Å². The molecule has 2 aliphatic rings. The first-order valence-corrected chi connectivity index (χ1v) is 10.3. The average Bonchev–Trinajstić information content (AvgIpc) is 2.77. The van der Waals surface area contributed by atoms with Crippen LogP contribution in [0.25, 0.3) is 0 Å². The topological polar surface area (TPSA) is 65.1 Å². The van der Waals surface area contributed by atoms with Gasteiger partial charge in [0.25, 0.3) is 0 Å². The Morgan fingerprint density at radius 3 is 2.50 bits per heavy atom. The summed E-state index contributed by atoms with van der Waals surface area (Å²) in [5.74, 6) is -0.518. The zero-order valence-corrected chi connectivity index (χ0v) is 17.1. The highest BCUT2D eigenvalue weighted by atomic mass is 19.4. The minimum Gasteiger partial charge on any atom is -0.489 e. The summed E-state index contributed by atoms with van der Waals surface area (Å²) in [6.07, 6.45) is -4.33. The summed E-state index contributed by atoms with van der Waals surface area (Å²) in [6, 6.07) is 12.9. The van der Waals surface area contributed by atoms with E-state index in [-0.39, 0.29) is 36.0 Å². The lowest BCUT2D eigenvalue weighted by molar-refractivity contribution is -0.274. The Bertz CT molecular complexity index is 971. The Morgan fingerprint density at radius 2 is 1.81 bits per heavy atom. The van der Waals surface area contributed by atoms with Gasteiger partial charge < -0.3 is 19.1 Å². The summed E-state index contributed by atoms with van der Waals surface area (Å²) < 4.78 is 52.7. The molecule has 2 heterocycles. The molecule has 1 amide bonds. The second-order valence-corrected chi connectivity index (χ2v) is 7.85. The molecule has 2 aliphatic heterocycles. The Hall–Kier alpha value is -3.23. The van der Waals surface area contributed by atoms with E-state index >= 15 is 0 Å². The van der Waals surface area contributed by atoms with E-state index < -0.39 is 24.3 Å². The number of halogens is 3. The van der Waals surface area contributed by atoms with Crippen LogP contribution < -0.4 is 9.47 Å². The first kappa shape index (κ1) is 22.0. The molecule has 32 heavy (non-hydrogen) atoms. The van der Waals surface area contributed by atoms with Crippen molar-refractivity contribution in [2.75, 3.05) is 13.1 Å². The summed E-state index contributed by atoms with van der Waals surface area (Å²) >= 11 is 0. The summed E-state index contributed by atoms with van der Waals surface area (Å²) in [5, 5.41) is 0. The predicted octanol–water partition coefficient (Wildman–Crippen LogP) is 4.97. The van der Waals surface area contributed by atoms with Crippen LogP contribution in [0.15, 0.2) is 48.5 Å². The van der Waals surface area contributed by atoms with Crippen molar-refractivity contribution in [3.63, 3.8) is 0 Å². The molecule has 0 aromatic heterocycles. The van der Waals surface area contributed by atoms with Crippen LogP contribution in [0.2, 0.25) is 0 Å². The zero-order valence-electron chi connectivity index (χ0n) is 17.1. The number of nitrogens with zero attached hydrogens (tertiary/aromatic N) is 1. The van der Waals surface area contributed by atoms with Gasteiger partial charge in [-0.15, -0.1) is 13.2 Å². The number of amides is 1. The minimum atomic E-state index is -4.83. The number of piperidine rings is 1. The molecule has 0 saturated carbocycles. The maximum atomic E-state index is 12.5. The number of alkyl halides is 3. The Kier molecular flexibility index (Phi) is 6.25. The molecule has 170 valence electrons. The van der Waals surface area contributed by atoms with Crippen molar-refractivity contribution in [2.45, 2.75) is 38.3 Å². The van der Waals surface area contributed by atoms with Gasteiger partial charge in [0.1, 0.15) is 24.2 Å². The van der Waals surface area contributed by atoms with Crippen LogP contribution in [0.5, 0.6) is 11.5 Å². The van der Waals surface area contributed by atoms with Gasteiger partial charge in [-0.2, -0.15) is 0 Å². The number of ketones is 1. The van der Waals surface area contributed by atoms with Crippen LogP contribution in [0, 0.1) is 5.92 Å². The summed E-state index contributed by atoms with van der Waals surface area (Å²) in [5.41, 5.74) is 1.15. The molecule has 1 saturated heterocycles. The van der Waals surface area contributed by atoms with Gasteiger partial charge in [-0.1, -0.05) is 30.3 Å². The van der Waals surface area contributed by atoms with Crippen molar-refractivity contribution < 1.29 is 37.0 Å². The molecule has 0 radical (unpaired) electrons. The summed E-state index contributed by atoms with van der Waals surface area (Å²) in [4.78, 5) is 26.5. The fourth-order valence-electron chi connectivity index (χ4n) is 4.05. The molecular formula is C23H22F3NO5. The molecule has 0 aliphatic carbocycles. The van der Waals surface area contributed by atoms with Gasteiger partial charge in [-0.05, 0) is 36.5 Å². The number of carbonyl (C=O) groups is 2. The van der Waals surface area contributed by atoms with E-state index in [0.717, 1.165) is 17.7 Å². The third-order valence-electron chi connectivity index (χ3n) is 5.68. The van der Waals surface area contributed by atoms with Crippen molar-refractivity contribution in [3.8, 4) is 11.5 Å². The maximum absolute atomic E-state index is 12.5. The lowest BCUT2D eigenvalue weighted by atomic mass is 9.86. The van der Waals surface area contributed by atoms with E-state index in [4.69, 9.17) is 9.47 Å².